The molecule has 29 heavy (non-hydrogen) atoms. The molecule has 1 aromatic heterocycles. The number of aromatic amines is 1. The summed E-state index contributed by atoms with van der Waals surface area (Å²) < 4.78 is 5.03. The number of nitro groups is 1. The molecule has 0 atom stereocenters. The van der Waals surface area contributed by atoms with Crippen LogP contribution in [-0.4, -0.2) is 33.1 Å². The molecular formula is C19H15N5O5. The van der Waals surface area contributed by atoms with Gasteiger partial charge in [-0.2, -0.15) is 10.1 Å². The molecule has 1 amide bonds. The van der Waals surface area contributed by atoms with Gasteiger partial charge in [0.1, 0.15) is 0 Å². The number of hydrogen-bond donors (Lipinski definition) is 2. The highest BCUT2D eigenvalue weighted by atomic mass is 16.6. The second-order valence-electron chi connectivity index (χ2n) is 5.66. The van der Waals surface area contributed by atoms with Crippen LogP contribution in [0.15, 0.2) is 76.9 Å². The van der Waals surface area contributed by atoms with Gasteiger partial charge in [0.15, 0.2) is 6.61 Å². The van der Waals surface area contributed by atoms with E-state index in [2.05, 4.69) is 20.5 Å². The molecule has 1 heterocycles. The fraction of sp³-hybridized carbons (Fsp3) is 0.0526. The molecule has 10 nitrogen and oxygen atoms in total. The van der Waals surface area contributed by atoms with Gasteiger partial charge in [-0.1, -0.05) is 60.7 Å². The zero-order valence-electron chi connectivity index (χ0n) is 14.9. The third-order valence-electron chi connectivity index (χ3n) is 3.70. The van der Waals surface area contributed by atoms with Gasteiger partial charge in [-0.05, 0) is 0 Å². The first kappa shape index (κ1) is 19.4. The minimum Gasteiger partial charge on any atom is -0.462 e. The highest BCUT2D eigenvalue weighted by molar-refractivity contribution is 6.13. The number of nitrogens with zero attached hydrogens (tertiary/aromatic N) is 3. The Kier molecular flexibility index (Phi) is 6.05. The third kappa shape index (κ3) is 4.89. The predicted molar refractivity (Wildman–Crippen MR) is 104 cm³/mol. The Hall–Kier alpha value is -4.34. The van der Waals surface area contributed by atoms with Crippen molar-refractivity contribution in [2.75, 3.05) is 6.61 Å². The van der Waals surface area contributed by atoms with Gasteiger partial charge in [-0.3, -0.25) is 19.7 Å². The topological polar surface area (TPSA) is 140 Å². The fourth-order valence-corrected chi connectivity index (χ4v) is 2.42. The Morgan fingerprint density at radius 3 is 2.24 bits per heavy atom. The maximum atomic E-state index is 12.1. The van der Waals surface area contributed by atoms with Gasteiger partial charge >= 0.3 is 17.1 Å². The van der Waals surface area contributed by atoms with Crippen LogP contribution in [0, 0.1) is 10.1 Å². The summed E-state index contributed by atoms with van der Waals surface area (Å²) in [7, 11) is 0. The van der Waals surface area contributed by atoms with Gasteiger partial charge in [-0.25, -0.2) is 5.43 Å². The van der Waals surface area contributed by atoms with E-state index in [0.717, 1.165) is 17.5 Å². The minimum absolute atomic E-state index is 0.528. The number of hydrogen-bond acceptors (Lipinski definition) is 7. The molecule has 0 radical (unpaired) electrons. The van der Waals surface area contributed by atoms with Gasteiger partial charge in [0, 0.05) is 11.1 Å². The summed E-state index contributed by atoms with van der Waals surface area (Å²) in [5.74, 6) is -1.23. The van der Waals surface area contributed by atoms with Gasteiger partial charge in [0.2, 0.25) is 0 Å². The van der Waals surface area contributed by atoms with Crippen molar-refractivity contribution < 1.29 is 14.5 Å². The number of rotatable bonds is 7. The molecule has 0 aliphatic rings. The van der Waals surface area contributed by atoms with Gasteiger partial charge in [0.25, 0.3) is 5.91 Å². The Morgan fingerprint density at radius 1 is 1.10 bits per heavy atom. The van der Waals surface area contributed by atoms with Crippen molar-refractivity contribution >= 4 is 17.3 Å². The number of amides is 1. The maximum Gasteiger partial charge on any atom is 0.395 e. The molecule has 0 aliphatic carbocycles. The SMILES string of the molecule is O=C(COc1nc[nH]c(=O)c1[N+](=O)[O-])NN=C(c1ccccc1)c1ccccc1. The average Bonchev–Trinajstić information content (AvgIpc) is 2.73. The second kappa shape index (κ2) is 9.04. The average molecular weight is 393 g/mol. The van der Waals surface area contributed by atoms with Gasteiger partial charge < -0.3 is 9.72 Å². The van der Waals surface area contributed by atoms with Crippen molar-refractivity contribution in [2.24, 2.45) is 5.10 Å². The van der Waals surface area contributed by atoms with Crippen molar-refractivity contribution in [1.29, 1.82) is 0 Å². The molecule has 0 aliphatic heterocycles. The van der Waals surface area contributed by atoms with E-state index >= 15 is 0 Å². The van der Waals surface area contributed by atoms with Crippen LogP contribution in [0.5, 0.6) is 5.88 Å². The summed E-state index contributed by atoms with van der Waals surface area (Å²) in [6.45, 7) is -0.613. The molecule has 0 unspecified atom stereocenters. The standard InChI is InChI=1S/C19H15N5O5/c25-15(11-29-19-17(24(27)28)18(26)20-12-21-19)22-23-16(13-7-3-1-4-8-13)14-9-5-2-6-10-14/h1-10,12H,11H2,(H,22,25)(H,20,21,26). The van der Waals surface area contributed by atoms with Crippen molar-refractivity contribution in [3.05, 3.63) is 98.6 Å². The van der Waals surface area contributed by atoms with E-state index in [1.807, 2.05) is 60.7 Å². The Balaban J connectivity index is 1.76. The normalized spacial score (nSPS) is 10.1. The van der Waals surface area contributed by atoms with Crippen LogP contribution in [0.25, 0.3) is 0 Å². The molecular weight excluding hydrogens is 378 g/mol. The molecule has 3 aromatic rings. The molecule has 0 bridgehead atoms. The molecule has 2 aromatic carbocycles. The summed E-state index contributed by atoms with van der Waals surface area (Å²) in [5.41, 5.74) is 2.59. The number of H-pyrrole nitrogens is 1. The first-order valence-electron chi connectivity index (χ1n) is 8.38. The third-order valence-corrected chi connectivity index (χ3v) is 3.70. The van der Waals surface area contributed by atoms with Crippen molar-refractivity contribution in [3.63, 3.8) is 0 Å². The number of ether oxygens (including phenoxy) is 1. The largest absolute Gasteiger partial charge is 0.462 e. The van der Waals surface area contributed by atoms with Crippen LogP contribution in [0.3, 0.4) is 0 Å². The molecule has 0 saturated carbocycles. The summed E-state index contributed by atoms with van der Waals surface area (Å²) in [6.07, 6.45) is 0.948. The molecule has 0 saturated heterocycles. The Bertz CT molecular complexity index is 1060. The summed E-state index contributed by atoms with van der Waals surface area (Å²) in [6, 6.07) is 18.5. The molecule has 2 N–H and O–H groups in total. The summed E-state index contributed by atoms with van der Waals surface area (Å²) in [4.78, 5) is 39.3. The van der Waals surface area contributed by atoms with E-state index in [1.54, 1.807) is 0 Å². The van der Waals surface area contributed by atoms with Gasteiger partial charge in [0.05, 0.1) is 17.0 Å². The van der Waals surface area contributed by atoms with Crippen LogP contribution in [0.4, 0.5) is 5.69 Å². The van der Waals surface area contributed by atoms with Crippen molar-refractivity contribution in [1.82, 2.24) is 15.4 Å². The monoisotopic (exact) mass is 393 g/mol. The molecule has 0 spiro atoms. The van der Waals surface area contributed by atoms with E-state index in [-0.39, 0.29) is 0 Å². The molecule has 0 fully saturated rings. The number of aromatic nitrogens is 2. The smallest absolute Gasteiger partial charge is 0.395 e. The van der Waals surface area contributed by atoms with E-state index in [4.69, 9.17) is 4.74 Å². The lowest BCUT2D eigenvalue weighted by Gasteiger charge is -2.08. The predicted octanol–water partition coefficient (Wildman–Crippen LogP) is 1.63. The van der Waals surface area contributed by atoms with Crippen LogP contribution in [-0.2, 0) is 4.79 Å². The number of nitrogens with one attached hydrogen (secondary N) is 2. The first-order chi connectivity index (χ1) is 14.1. The maximum absolute atomic E-state index is 12.1. The second-order valence-corrected chi connectivity index (χ2v) is 5.66. The van der Waals surface area contributed by atoms with Crippen LogP contribution >= 0.6 is 0 Å². The lowest BCUT2D eigenvalue weighted by molar-refractivity contribution is -0.387. The van der Waals surface area contributed by atoms with E-state index in [0.29, 0.717) is 5.71 Å². The highest BCUT2D eigenvalue weighted by Crippen LogP contribution is 2.17. The van der Waals surface area contributed by atoms with Crippen LogP contribution < -0.4 is 15.7 Å². The number of hydrazone groups is 1. The Morgan fingerprint density at radius 2 is 1.69 bits per heavy atom. The quantitative estimate of drug-likeness (QED) is 0.355. The van der Waals surface area contributed by atoms with E-state index < -0.39 is 34.6 Å². The van der Waals surface area contributed by atoms with Crippen molar-refractivity contribution in [3.8, 4) is 5.88 Å². The lowest BCUT2D eigenvalue weighted by atomic mass is 10.0. The zero-order chi connectivity index (χ0) is 20.6. The number of carbonyl (C=O) groups excluding carboxylic acids is 1. The van der Waals surface area contributed by atoms with E-state index in [9.17, 15) is 19.7 Å². The lowest BCUT2D eigenvalue weighted by Crippen LogP contribution is -2.27. The first-order valence-corrected chi connectivity index (χ1v) is 8.38. The molecule has 10 heteroatoms. The molecule has 3 rings (SSSR count). The van der Waals surface area contributed by atoms with E-state index in [1.165, 1.54) is 0 Å². The minimum atomic E-state index is -0.978. The van der Waals surface area contributed by atoms with Gasteiger partial charge in [-0.15, -0.1) is 0 Å². The highest BCUT2D eigenvalue weighted by Gasteiger charge is 2.22. The zero-order valence-corrected chi connectivity index (χ0v) is 14.9. The molecule has 146 valence electrons. The fourth-order valence-electron chi connectivity index (χ4n) is 2.42. The Labute approximate surface area is 164 Å². The number of benzene rings is 2. The summed E-state index contributed by atoms with van der Waals surface area (Å²) in [5, 5.41) is 15.1. The van der Waals surface area contributed by atoms with Crippen LogP contribution in [0.2, 0.25) is 0 Å². The summed E-state index contributed by atoms with van der Waals surface area (Å²) >= 11 is 0. The van der Waals surface area contributed by atoms with Crippen molar-refractivity contribution in [2.45, 2.75) is 0 Å². The number of carbonyl (C=O) groups is 1. The van der Waals surface area contributed by atoms with Crippen LogP contribution in [0.1, 0.15) is 11.1 Å².